The summed E-state index contributed by atoms with van der Waals surface area (Å²) in [4.78, 5) is 12.8. The molecule has 0 saturated carbocycles. The third-order valence-corrected chi connectivity index (χ3v) is 4.43. The largest absolute Gasteiger partial charge is 0.480 e. The predicted octanol–water partition coefficient (Wildman–Crippen LogP) is 3.34. The first kappa shape index (κ1) is 16.7. The zero-order chi connectivity index (χ0) is 16.8. The van der Waals surface area contributed by atoms with Crippen molar-refractivity contribution in [2.24, 2.45) is 0 Å². The maximum atomic E-state index is 10.8. The number of carboxylic acids is 1. The molecule has 0 bridgehead atoms. The molecule has 2 aromatic carbocycles. The summed E-state index contributed by atoms with van der Waals surface area (Å²) in [7, 11) is 0. The molecule has 0 spiro atoms. The lowest BCUT2D eigenvalue weighted by Gasteiger charge is -2.33. The zero-order valence-corrected chi connectivity index (χ0v) is 13.7. The van der Waals surface area contributed by atoms with Gasteiger partial charge in [0.15, 0.2) is 0 Å². The average Bonchev–Trinajstić information content (AvgIpc) is 2.62. The summed E-state index contributed by atoms with van der Waals surface area (Å²) in [5, 5.41) is 8.90. The first-order chi connectivity index (χ1) is 11.7. The van der Waals surface area contributed by atoms with Crippen molar-refractivity contribution in [2.75, 3.05) is 19.6 Å². The van der Waals surface area contributed by atoms with Crippen LogP contribution in [0.5, 0.6) is 0 Å². The summed E-state index contributed by atoms with van der Waals surface area (Å²) in [5.74, 6) is -0.763. The minimum atomic E-state index is -0.763. The van der Waals surface area contributed by atoms with Crippen LogP contribution in [-0.4, -0.2) is 41.7 Å². The maximum absolute atomic E-state index is 10.8. The molecule has 4 heteroatoms. The summed E-state index contributed by atoms with van der Waals surface area (Å²) in [6.07, 6.45) is 1.80. The van der Waals surface area contributed by atoms with Crippen LogP contribution in [0.4, 0.5) is 0 Å². The van der Waals surface area contributed by atoms with E-state index in [1.165, 1.54) is 0 Å². The lowest BCUT2D eigenvalue weighted by molar-refractivity contribution is -0.139. The molecule has 2 aromatic rings. The van der Waals surface area contributed by atoms with E-state index in [1.54, 1.807) is 0 Å². The zero-order valence-electron chi connectivity index (χ0n) is 13.7. The van der Waals surface area contributed by atoms with Gasteiger partial charge in [-0.2, -0.15) is 0 Å². The molecule has 0 aromatic heterocycles. The van der Waals surface area contributed by atoms with E-state index in [4.69, 9.17) is 9.84 Å². The SMILES string of the molecule is O=C(O)CN1CCC(OC(c2ccccc2)c2ccccc2)CC1. The number of carboxylic acid groups (broad SMARTS) is 1. The number of likely N-dealkylation sites (tertiary alicyclic amines) is 1. The van der Waals surface area contributed by atoms with Gasteiger partial charge < -0.3 is 9.84 Å². The number of hydrogen-bond donors (Lipinski definition) is 1. The Hall–Kier alpha value is -2.17. The molecule has 1 aliphatic rings. The summed E-state index contributed by atoms with van der Waals surface area (Å²) >= 11 is 0. The van der Waals surface area contributed by atoms with Gasteiger partial charge in [0.25, 0.3) is 0 Å². The molecular formula is C20H23NO3. The smallest absolute Gasteiger partial charge is 0.317 e. The highest BCUT2D eigenvalue weighted by molar-refractivity contribution is 5.69. The minimum Gasteiger partial charge on any atom is -0.480 e. The second-order valence-corrected chi connectivity index (χ2v) is 6.21. The Bertz CT molecular complexity index is 597. The van der Waals surface area contributed by atoms with E-state index in [9.17, 15) is 4.79 Å². The molecule has 1 heterocycles. The van der Waals surface area contributed by atoms with Gasteiger partial charge in [-0.25, -0.2) is 0 Å². The Kier molecular flexibility index (Phi) is 5.62. The molecule has 1 N–H and O–H groups in total. The van der Waals surface area contributed by atoms with Crippen molar-refractivity contribution in [3.05, 3.63) is 71.8 Å². The van der Waals surface area contributed by atoms with E-state index in [-0.39, 0.29) is 18.8 Å². The van der Waals surface area contributed by atoms with Crippen molar-refractivity contribution < 1.29 is 14.6 Å². The van der Waals surface area contributed by atoms with Gasteiger partial charge in [0.1, 0.15) is 6.10 Å². The molecule has 1 saturated heterocycles. The Morgan fingerprint density at radius 2 is 1.50 bits per heavy atom. The van der Waals surface area contributed by atoms with E-state index in [1.807, 2.05) is 41.3 Å². The summed E-state index contributed by atoms with van der Waals surface area (Å²) in [5.41, 5.74) is 2.30. The average molecular weight is 325 g/mol. The van der Waals surface area contributed by atoms with Crippen molar-refractivity contribution in [3.63, 3.8) is 0 Å². The van der Waals surface area contributed by atoms with Gasteiger partial charge in [-0.1, -0.05) is 60.7 Å². The monoisotopic (exact) mass is 325 g/mol. The van der Waals surface area contributed by atoms with Gasteiger partial charge in [-0.15, -0.1) is 0 Å². The number of benzene rings is 2. The minimum absolute atomic E-state index is 0.0802. The highest BCUT2D eigenvalue weighted by Gasteiger charge is 2.25. The normalized spacial score (nSPS) is 16.4. The van der Waals surface area contributed by atoms with Crippen LogP contribution in [0.15, 0.2) is 60.7 Å². The summed E-state index contributed by atoms with van der Waals surface area (Å²) in [6.45, 7) is 1.66. The molecule has 0 amide bonds. The van der Waals surface area contributed by atoms with Crippen LogP contribution >= 0.6 is 0 Å². The number of hydrogen-bond acceptors (Lipinski definition) is 3. The van der Waals surface area contributed by atoms with Crippen molar-refractivity contribution in [1.82, 2.24) is 4.90 Å². The molecule has 0 radical (unpaired) electrons. The number of carbonyl (C=O) groups is 1. The topological polar surface area (TPSA) is 49.8 Å². The third-order valence-electron chi connectivity index (χ3n) is 4.43. The number of nitrogens with zero attached hydrogens (tertiary/aromatic N) is 1. The second-order valence-electron chi connectivity index (χ2n) is 6.21. The maximum Gasteiger partial charge on any atom is 0.317 e. The molecule has 1 aliphatic heterocycles. The highest BCUT2D eigenvalue weighted by Crippen LogP contribution is 2.29. The van der Waals surface area contributed by atoms with Crippen molar-refractivity contribution in [2.45, 2.75) is 25.0 Å². The highest BCUT2D eigenvalue weighted by atomic mass is 16.5. The van der Waals surface area contributed by atoms with Gasteiger partial charge in [-0.05, 0) is 24.0 Å². The molecule has 0 aliphatic carbocycles. The van der Waals surface area contributed by atoms with E-state index in [0.717, 1.165) is 37.1 Å². The number of ether oxygens (including phenoxy) is 1. The quantitative estimate of drug-likeness (QED) is 0.885. The number of aliphatic carboxylic acids is 1. The van der Waals surface area contributed by atoms with Crippen molar-refractivity contribution >= 4 is 5.97 Å². The lowest BCUT2D eigenvalue weighted by Crippen LogP contribution is -2.40. The molecule has 3 rings (SSSR count). The van der Waals surface area contributed by atoms with Crippen LogP contribution in [-0.2, 0) is 9.53 Å². The van der Waals surface area contributed by atoms with Crippen LogP contribution in [0.3, 0.4) is 0 Å². The molecule has 0 atom stereocenters. The molecule has 1 fully saturated rings. The molecular weight excluding hydrogens is 302 g/mol. The summed E-state index contributed by atoms with van der Waals surface area (Å²) < 4.78 is 6.44. The van der Waals surface area contributed by atoms with E-state index in [2.05, 4.69) is 24.3 Å². The van der Waals surface area contributed by atoms with Crippen LogP contribution < -0.4 is 0 Å². The molecule has 4 nitrogen and oxygen atoms in total. The van der Waals surface area contributed by atoms with Gasteiger partial charge in [0, 0.05) is 13.1 Å². The lowest BCUT2D eigenvalue weighted by atomic mass is 10.00. The Balaban J connectivity index is 1.69. The van der Waals surface area contributed by atoms with Gasteiger partial charge in [0.05, 0.1) is 12.6 Å². The second kappa shape index (κ2) is 8.08. The Labute approximate surface area is 142 Å². The van der Waals surface area contributed by atoms with Gasteiger partial charge in [-0.3, -0.25) is 9.69 Å². The standard InChI is InChI=1S/C20H23NO3/c22-19(23)15-21-13-11-18(12-14-21)24-20(16-7-3-1-4-8-16)17-9-5-2-6-10-17/h1-10,18,20H,11-15H2,(H,22,23). The molecule has 24 heavy (non-hydrogen) atoms. The molecule has 0 unspecified atom stereocenters. The van der Waals surface area contributed by atoms with Crippen LogP contribution in [0.2, 0.25) is 0 Å². The van der Waals surface area contributed by atoms with Crippen LogP contribution in [0.1, 0.15) is 30.1 Å². The van der Waals surface area contributed by atoms with Crippen molar-refractivity contribution in [1.29, 1.82) is 0 Å². The third kappa shape index (κ3) is 4.43. The summed E-state index contributed by atoms with van der Waals surface area (Å²) in [6, 6.07) is 20.5. The van der Waals surface area contributed by atoms with E-state index in [0.29, 0.717) is 0 Å². The van der Waals surface area contributed by atoms with E-state index < -0.39 is 5.97 Å². The number of piperidine rings is 1. The fraction of sp³-hybridized carbons (Fsp3) is 0.350. The fourth-order valence-corrected chi connectivity index (χ4v) is 3.19. The van der Waals surface area contributed by atoms with E-state index >= 15 is 0 Å². The Morgan fingerprint density at radius 1 is 1.00 bits per heavy atom. The van der Waals surface area contributed by atoms with Gasteiger partial charge >= 0.3 is 5.97 Å². The Morgan fingerprint density at radius 3 is 1.96 bits per heavy atom. The predicted molar refractivity (Wildman–Crippen MR) is 92.9 cm³/mol. The fourth-order valence-electron chi connectivity index (χ4n) is 3.19. The van der Waals surface area contributed by atoms with Crippen LogP contribution in [0, 0.1) is 0 Å². The van der Waals surface area contributed by atoms with Crippen molar-refractivity contribution in [3.8, 4) is 0 Å². The number of rotatable bonds is 6. The van der Waals surface area contributed by atoms with Crippen LogP contribution in [0.25, 0.3) is 0 Å². The first-order valence-electron chi connectivity index (χ1n) is 8.42. The van der Waals surface area contributed by atoms with Gasteiger partial charge in [0.2, 0.25) is 0 Å². The molecule has 126 valence electrons. The first-order valence-corrected chi connectivity index (χ1v) is 8.42.